The van der Waals surface area contributed by atoms with Crippen LogP contribution in [-0.4, -0.2) is 4.57 Å². The lowest BCUT2D eigenvalue weighted by molar-refractivity contribution is 0.628. The van der Waals surface area contributed by atoms with E-state index in [9.17, 15) is 4.39 Å². The minimum atomic E-state index is -0.254. The molecule has 0 aliphatic heterocycles. The molecule has 0 saturated carbocycles. The van der Waals surface area contributed by atoms with Crippen molar-refractivity contribution in [2.75, 3.05) is 4.90 Å². The second-order valence-corrected chi connectivity index (χ2v) is 12.4. The third-order valence-corrected chi connectivity index (χ3v) is 9.44. The van der Waals surface area contributed by atoms with Crippen LogP contribution in [0, 0.1) is 5.82 Å². The van der Waals surface area contributed by atoms with Gasteiger partial charge in [-0.05, 0) is 112 Å². The number of nitrogens with zero attached hydrogens (tertiary/aromatic N) is 2. The predicted molar refractivity (Wildman–Crippen MR) is 204 cm³/mol. The molecule has 0 amide bonds. The highest BCUT2D eigenvalue weighted by molar-refractivity contribution is 6.10. The van der Waals surface area contributed by atoms with E-state index in [0.29, 0.717) is 0 Å². The van der Waals surface area contributed by atoms with Crippen LogP contribution in [-0.2, 0) is 0 Å². The summed E-state index contributed by atoms with van der Waals surface area (Å²) in [5.74, 6) is -0.254. The maximum atomic E-state index is 14.0. The maximum Gasteiger partial charge on any atom is 0.123 e. The highest BCUT2D eigenvalue weighted by Gasteiger charge is 2.16. The van der Waals surface area contributed by atoms with Crippen LogP contribution in [0.5, 0.6) is 0 Å². The maximum absolute atomic E-state index is 14.0. The van der Waals surface area contributed by atoms with E-state index in [1.165, 1.54) is 50.3 Å². The molecule has 49 heavy (non-hydrogen) atoms. The Balaban J connectivity index is 1.10. The molecule has 8 aromatic carbocycles. The molecule has 0 unspecified atom stereocenters. The molecule has 2 nitrogen and oxygen atoms in total. The molecule has 3 heteroatoms. The summed E-state index contributed by atoms with van der Waals surface area (Å²) in [6.07, 6.45) is 0. The van der Waals surface area contributed by atoms with Gasteiger partial charge in [0, 0.05) is 33.5 Å². The molecule has 9 aromatic rings. The van der Waals surface area contributed by atoms with E-state index >= 15 is 0 Å². The molecule has 0 N–H and O–H groups in total. The van der Waals surface area contributed by atoms with E-state index in [-0.39, 0.29) is 5.82 Å². The zero-order valence-corrected chi connectivity index (χ0v) is 26.7. The van der Waals surface area contributed by atoms with Crippen molar-refractivity contribution >= 4 is 49.6 Å². The Labute approximate surface area is 284 Å². The average Bonchev–Trinajstić information content (AvgIpc) is 3.50. The number of anilines is 3. The number of fused-ring (bicyclic) bond motifs is 4. The van der Waals surface area contributed by atoms with Gasteiger partial charge in [-0.25, -0.2) is 4.39 Å². The monoisotopic (exact) mass is 630 g/mol. The Bertz CT molecular complexity index is 2580. The number of hydrogen-bond acceptors (Lipinski definition) is 1. The van der Waals surface area contributed by atoms with E-state index in [0.717, 1.165) is 39.4 Å². The van der Waals surface area contributed by atoms with Gasteiger partial charge in [0.15, 0.2) is 0 Å². The highest BCUT2D eigenvalue weighted by atomic mass is 19.1. The normalized spacial score (nSPS) is 11.4. The summed E-state index contributed by atoms with van der Waals surface area (Å²) in [5, 5.41) is 4.91. The molecular formula is C46H31FN2. The number of aromatic nitrogens is 1. The van der Waals surface area contributed by atoms with Gasteiger partial charge >= 0.3 is 0 Å². The Morgan fingerprint density at radius 2 is 0.898 bits per heavy atom. The number of para-hydroxylation sites is 1. The fraction of sp³-hybridized carbons (Fsp3) is 0. The van der Waals surface area contributed by atoms with Crippen molar-refractivity contribution in [2.24, 2.45) is 0 Å². The van der Waals surface area contributed by atoms with Crippen LogP contribution >= 0.6 is 0 Å². The fourth-order valence-electron chi connectivity index (χ4n) is 7.02. The first kappa shape index (κ1) is 28.7. The summed E-state index contributed by atoms with van der Waals surface area (Å²) in [7, 11) is 0. The zero-order chi connectivity index (χ0) is 32.7. The molecule has 1 heterocycles. The first-order valence-electron chi connectivity index (χ1n) is 16.5. The molecule has 0 aliphatic rings. The smallest absolute Gasteiger partial charge is 0.123 e. The molecule has 232 valence electrons. The number of rotatable bonds is 6. The Hall–Kier alpha value is -6.45. The zero-order valence-electron chi connectivity index (χ0n) is 26.7. The molecule has 0 radical (unpaired) electrons. The number of hydrogen-bond donors (Lipinski definition) is 0. The van der Waals surface area contributed by atoms with Crippen molar-refractivity contribution in [3.05, 3.63) is 194 Å². The summed E-state index contributed by atoms with van der Waals surface area (Å²) < 4.78 is 16.4. The van der Waals surface area contributed by atoms with Crippen LogP contribution in [0.15, 0.2) is 188 Å². The van der Waals surface area contributed by atoms with Crippen LogP contribution in [0.3, 0.4) is 0 Å². The first-order valence-corrected chi connectivity index (χ1v) is 16.5. The summed E-state index contributed by atoms with van der Waals surface area (Å²) in [5.41, 5.74) is 11.0. The molecule has 0 fully saturated rings. The lowest BCUT2D eigenvalue weighted by atomic mass is 10.0. The summed E-state index contributed by atoms with van der Waals surface area (Å²) in [6.45, 7) is 0. The Morgan fingerprint density at radius 3 is 1.61 bits per heavy atom. The summed E-state index contributed by atoms with van der Waals surface area (Å²) >= 11 is 0. The van der Waals surface area contributed by atoms with Crippen LogP contribution < -0.4 is 4.90 Å². The average molecular weight is 631 g/mol. The van der Waals surface area contributed by atoms with E-state index in [4.69, 9.17) is 0 Å². The fourth-order valence-corrected chi connectivity index (χ4v) is 7.02. The van der Waals surface area contributed by atoms with Crippen molar-refractivity contribution in [3.8, 4) is 27.9 Å². The van der Waals surface area contributed by atoms with Gasteiger partial charge in [0.2, 0.25) is 0 Å². The largest absolute Gasteiger partial charge is 0.311 e. The van der Waals surface area contributed by atoms with Gasteiger partial charge in [0.25, 0.3) is 0 Å². The Morgan fingerprint density at radius 1 is 0.367 bits per heavy atom. The van der Waals surface area contributed by atoms with Crippen molar-refractivity contribution in [2.45, 2.75) is 0 Å². The van der Waals surface area contributed by atoms with Gasteiger partial charge in [-0.3, -0.25) is 0 Å². The van der Waals surface area contributed by atoms with Gasteiger partial charge in [-0.1, -0.05) is 109 Å². The number of benzene rings is 8. The van der Waals surface area contributed by atoms with Crippen molar-refractivity contribution in [1.82, 2.24) is 4.57 Å². The van der Waals surface area contributed by atoms with Gasteiger partial charge in [0.1, 0.15) is 5.82 Å². The molecule has 1 aromatic heterocycles. The molecule has 9 rings (SSSR count). The predicted octanol–water partition coefficient (Wildman–Crippen LogP) is 12.9. The van der Waals surface area contributed by atoms with E-state index in [1.807, 2.05) is 18.2 Å². The third-order valence-electron chi connectivity index (χ3n) is 9.44. The lowest BCUT2D eigenvalue weighted by Gasteiger charge is -2.26. The van der Waals surface area contributed by atoms with Crippen molar-refractivity contribution < 1.29 is 4.39 Å². The van der Waals surface area contributed by atoms with Crippen molar-refractivity contribution in [1.29, 1.82) is 0 Å². The summed E-state index contributed by atoms with van der Waals surface area (Å²) in [6, 6.07) is 64.8. The quantitative estimate of drug-likeness (QED) is 0.177. The molecule has 0 atom stereocenters. The van der Waals surface area contributed by atoms with Crippen LogP contribution in [0.1, 0.15) is 0 Å². The van der Waals surface area contributed by atoms with Gasteiger partial charge in [0.05, 0.1) is 11.0 Å². The second kappa shape index (κ2) is 12.0. The topological polar surface area (TPSA) is 8.17 Å². The van der Waals surface area contributed by atoms with E-state index < -0.39 is 0 Å². The minimum absolute atomic E-state index is 0.254. The lowest BCUT2D eigenvalue weighted by Crippen LogP contribution is -2.09. The first-order chi connectivity index (χ1) is 24.2. The van der Waals surface area contributed by atoms with Gasteiger partial charge < -0.3 is 9.47 Å². The SMILES string of the molecule is Fc1ccc(N(c2ccc(-c3ccccc3)cc2)c2ccc(-c3ccc4c(c3)c3ccccc3n4-c3ccc4ccccc4c3)cc2)cc1. The molecule has 0 bridgehead atoms. The van der Waals surface area contributed by atoms with Crippen LogP contribution in [0.4, 0.5) is 21.5 Å². The van der Waals surface area contributed by atoms with Crippen LogP contribution in [0.2, 0.25) is 0 Å². The standard InChI is InChI=1S/C46H31FN2/c47-38-20-27-41(28-21-38)48(39-22-14-34(15-23-39)32-8-2-1-3-9-32)40-24-16-35(17-25-40)37-19-29-46-44(31-37)43-12-6-7-13-45(43)49(46)42-26-18-33-10-4-5-11-36(33)30-42/h1-31H. The second-order valence-electron chi connectivity index (χ2n) is 12.4. The molecule has 0 spiro atoms. The van der Waals surface area contributed by atoms with Crippen LogP contribution in [0.25, 0.3) is 60.5 Å². The molecule has 0 saturated heterocycles. The van der Waals surface area contributed by atoms with Gasteiger partial charge in [-0.15, -0.1) is 0 Å². The van der Waals surface area contributed by atoms with Crippen molar-refractivity contribution in [3.63, 3.8) is 0 Å². The Kier molecular flexibility index (Phi) is 7.02. The number of halogens is 1. The highest BCUT2D eigenvalue weighted by Crippen LogP contribution is 2.39. The third kappa shape index (κ3) is 5.22. The minimum Gasteiger partial charge on any atom is -0.311 e. The van der Waals surface area contributed by atoms with E-state index in [1.54, 1.807) is 0 Å². The van der Waals surface area contributed by atoms with E-state index in [2.05, 4.69) is 167 Å². The summed E-state index contributed by atoms with van der Waals surface area (Å²) in [4.78, 5) is 2.17. The molecule has 0 aliphatic carbocycles. The van der Waals surface area contributed by atoms with Gasteiger partial charge in [-0.2, -0.15) is 0 Å². The molecular weight excluding hydrogens is 600 g/mol.